The fraction of sp³-hybridized carbons (Fsp3) is 0.647. The number of nitrogens with one attached hydrogen (secondary N) is 1. The van der Waals surface area contributed by atoms with Crippen LogP contribution in [-0.2, 0) is 4.74 Å². The van der Waals surface area contributed by atoms with E-state index in [9.17, 15) is 0 Å². The van der Waals surface area contributed by atoms with Crippen LogP contribution < -0.4 is 10.1 Å². The molecule has 0 aromatic heterocycles. The van der Waals surface area contributed by atoms with Crippen molar-refractivity contribution in [3.05, 3.63) is 29.8 Å². The molecular weight excluding hydrogens is 250 g/mol. The summed E-state index contributed by atoms with van der Waals surface area (Å²) in [6.45, 7) is 9.93. The third kappa shape index (κ3) is 3.97. The van der Waals surface area contributed by atoms with Crippen LogP contribution in [0.5, 0.6) is 5.75 Å². The van der Waals surface area contributed by atoms with Crippen LogP contribution in [0.15, 0.2) is 24.3 Å². The van der Waals surface area contributed by atoms with Gasteiger partial charge in [0.05, 0.1) is 18.2 Å². The highest BCUT2D eigenvalue weighted by atomic mass is 16.5. The van der Waals surface area contributed by atoms with Crippen molar-refractivity contribution in [3.8, 4) is 5.75 Å². The summed E-state index contributed by atoms with van der Waals surface area (Å²) >= 11 is 0. The van der Waals surface area contributed by atoms with Gasteiger partial charge in [0.1, 0.15) is 5.75 Å². The third-order valence-electron chi connectivity index (χ3n) is 3.77. The lowest BCUT2D eigenvalue weighted by Gasteiger charge is -2.37. The van der Waals surface area contributed by atoms with Gasteiger partial charge in [0.15, 0.2) is 0 Å². The molecule has 1 rings (SSSR count). The van der Waals surface area contributed by atoms with Gasteiger partial charge in [-0.05, 0) is 39.8 Å². The summed E-state index contributed by atoms with van der Waals surface area (Å²) in [6.07, 6.45) is 1.95. The largest absolute Gasteiger partial charge is 0.493 e. The lowest BCUT2D eigenvalue weighted by Crippen LogP contribution is -2.42. The second-order valence-corrected chi connectivity index (χ2v) is 5.21. The quantitative estimate of drug-likeness (QED) is 0.742. The van der Waals surface area contributed by atoms with Crippen LogP contribution in [0.1, 0.15) is 52.1 Å². The van der Waals surface area contributed by atoms with Crippen molar-refractivity contribution in [2.75, 3.05) is 20.3 Å². The summed E-state index contributed by atoms with van der Waals surface area (Å²) in [5.74, 6) is 0.952. The maximum absolute atomic E-state index is 6.03. The topological polar surface area (TPSA) is 30.5 Å². The maximum Gasteiger partial charge on any atom is 0.124 e. The summed E-state index contributed by atoms with van der Waals surface area (Å²) < 4.78 is 11.9. The molecule has 0 aliphatic heterocycles. The zero-order chi connectivity index (χ0) is 15.0. The monoisotopic (exact) mass is 279 g/mol. The molecule has 2 atom stereocenters. The van der Waals surface area contributed by atoms with Crippen molar-refractivity contribution >= 4 is 0 Å². The van der Waals surface area contributed by atoms with E-state index in [0.717, 1.165) is 25.2 Å². The number of likely N-dealkylation sites (N-methyl/N-ethyl adjacent to an activating group) is 1. The van der Waals surface area contributed by atoms with Gasteiger partial charge in [-0.2, -0.15) is 0 Å². The highest BCUT2D eigenvalue weighted by Crippen LogP contribution is 2.36. The minimum absolute atomic E-state index is 0.112. The van der Waals surface area contributed by atoms with E-state index in [0.29, 0.717) is 6.61 Å². The summed E-state index contributed by atoms with van der Waals surface area (Å²) in [6, 6.07) is 8.35. The Balaban J connectivity index is 3.10. The normalized spacial score (nSPS) is 15.7. The van der Waals surface area contributed by atoms with Crippen molar-refractivity contribution < 1.29 is 9.47 Å². The summed E-state index contributed by atoms with van der Waals surface area (Å²) in [5.41, 5.74) is 0.927. The Kier molecular flexibility index (Phi) is 7.03. The molecular formula is C17H29NO2. The number of hydrogen-bond donors (Lipinski definition) is 1. The van der Waals surface area contributed by atoms with Gasteiger partial charge in [-0.3, -0.25) is 0 Å². The van der Waals surface area contributed by atoms with Crippen molar-refractivity contribution in [1.29, 1.82) is 0 Å². The first-order valence-electron chi connectivity index (χ1n) is 7.65. The molecule has 0 heterocycles. The van der Waals surface area contributed by atoms with Crippen LogP contribution in [0, 0.1) is 0 Å². The summed E-state index contributed by atoms with van der Waals surface area (Å²) in [4.78, 5) is 0. The molecule has 1 aromatic rings. The van der Waals surface area contributed by atoms with Crippen LogP contribution >= 0.6 is 0 Å². The molecule has 1 N–H and O–H groups in total. The lowest BCUT2D eigenvalue weighted by molar-refractivity contribution is -0.0552. The second-order valence-electron chi connectivity index (χ2n) is 5.21. The molecule has 0 radical (unpaired) electrons. The molecule has 114 valence electrons. The van der Waals surface area contributed by atoms with Crippen molar-refractivity contribution in [1.82, 2.24) is 5.32 Å². The average Bonchev–Trinajstić information content (AvgIpc) is 2.47. The maximum atomic E-state index is 6.03. The Hall–Kier alpha value is -1.06. The van der Waals surface area contributed by atoms with Crippen molar-refractivity contribution in [2.24, 2.45) is 0 Å². The van der Waals surface area contributed by atoms with Crippen molar-refractivity contribution in [3.63, 3.8) is 0 Å². The standard InChI is InChI=1S/C17H29NO2/c1-6-13-19-15-12-10-9-11-14(15)16(18-5)17(4,7-2)20-8-3/h9-12,16,18H,6-8,13H2,1-5H3. The molecule has 3 heteroatoms. The Labute approximate surface area is 123 Å². The fourth-order valence-electron chi connectivity index (χ4n) is 2.57. The van der Waals surface area contributed by atoms with Crippen LogP contribution in [0.4, 0.5) is 0 Å². The minimum Gasteiger partial charge on any atom is -0.493 e. The van der Waals surface area contributed by atoms with Gasteiger partial charge in [0.25, 0.3) is 0 Å². The molecule has 3 nitrogen and oxygen atoms in total. The molecule has 20 heavy (non-hydrogen) atoms. The van der Waals surface area contributed by atoms with Gasteiger partial charge in [-0.25, -0.2) is 0 Å². The highest BCUT2D eigenvalue weighted by molar-refractivity contribution is 5.37. The molecule has 2 unspecified atom stereocenters. The molecule has 0 aliphatic rings. The Morgan fingerprint density at radius 2 is 1.90 bits per heavy atom. The lowest BCUT2D eigenvalue weighted by atomic mass is 9.87. The Morgan fingerprint density at radius 3 is 2.45 bits per heavy atom. The number of para-hydroxylation sites is 1. The van der Waals surface area contributed by atoms with E-state index in [1.165, 1.54) is 5.56 Å². The van der Waals surface area contributed by atoms with E-state index in [1.54, 1.807) is 0 Å². The van der Waals surface area contributed by atoms with Gasteiger partial charge in [-0.15, -0.1) is 0 Å². The van der Waals surface area contributed by atoms with Gasteiger partial charge in [0.2, 0.25) is 0 Å². The van der Waals surface area contributed by atoms with Gasteiger partial charge in [-0.1, -0.05) is 32.0 Å². The molecule has 0 amide bonds. The van der Waals surface area contributed by atoms with Gasteiger partial charge in [0, 0.05) is 12.2 Å². The average molecular weight is 279 g/mol. The molecule has 1 aromatic carbocycles. The fourth-order valence-corrected chi connectivity index (χ4v) is 2.57. The predicted molar refractivity (Wildman–Crippen MR) is 84.4 cm³/mol. The smallest absolute Gasteiger partial charge is 0.124 e. The van der Waals surface area contributed by atoms with Crippen molar-refractivity contribution in [2.45, 2.75) is 52.2 Å². The van der Waals surface area contributed by atoms with E-state index in [4.69, 9.17) is 9.47 Å². The molecule has 0 bridgehead atoms. The first-order chi connectivity index (χ1) is 9.62. The van der Waals surface area contributed by atoms with Crippen LogP contribution in [-0.4, -0.2) is 25.9 Å². The summed E-state index contributed by atoms with van der Waals surface area (Å²) in [7, 11) is 1.98. The zero-order valence-corrected chi connectivity index (χ0v) is 13.5. The minimum atomic E-state index is -0.241. The first kappa shape index (κ1) is 17.0. The van der Waals surface area contributed by atoms with Gasteiger partial charge >= 0.3 is 0 Å². The summed E-state index contributed by atoms with van der Waals surface area (Å²) in [5, 5.41) is 3.41. The molecule has 0 aliphatic carbocycles. The number of ether oxygens (including phenoxy) is 2. The highest BCUT2D eigenvalue weighted by Gasteiger charge is 2.35. The third-order valence-corrected chi connectivity index (χ3v) is 3.77. The molecule has 0 saturated heterocycles. The SMILES string of the molecule is CCCOc1ccccc1C(NC)C(C)(CC)OCC. The van der Waals surface area contributed by atoms with E-state index in [1.807, 2.05) is 26.1 Å². The number of hydrogen-bond acceptors (Lipinski definition) is 3. The number of rotatable bonds is 9. The molecule has 0 spiro atoms. The van der Waals surface area contributed by atoms with Gasteiger partial charge < -0.3 is 14.8 Å². The predicted octanol–water partition coefficient (Wildman–Crippen LogP) is 3.94. The number of benzene rings is 1. The van der Waals surface area contributed by atoms with E-state index in [2.05, 4.69) is 38.2 Å². The van der Waals surface area contributed by atoms with Crippen LogP contribution in [0.2, 0.25) is 0 Å². The van der Waals surface area contributed by atoms with E-state index in [-0.39, 0.29) is 11.6 Å². The van der Waals surface area contributed by atoms with E-state index < -0.39 is 0 Å². The van der Waals surface area contributed by atoms with E-state index >= 15 is 0 Å². The molecule has 0 fully saturated rings. The first-order valence-corrected chi connectivity index (χ1v) is 7.65. The Morgan fingerprint density at radius 1 is 1.20 bits per heavy atom. The Bertz CT molecular complexity index is 394. The van der Waals surface area contributed by atoms with Crippen LogP contribution in [0.3, 0.4) is 0 Å². The zero-order valence-electron chi connectivity index (χ0n) is 13.5. The van der Waals surface area contributed by atoms with Crippen LogP contribution in [0.25, 0.3) is 0 Å². The second kappa shape index (κ2) is 8.28. The molecule has 0 saturated carbocycles.